The van der Waals surface area contributed by atoms with Crippen molar-refractivity contribution >= 4 is 113 Å². The number of carbonyl (C=O) groups is 8. The lowest BCUT2D eigenvalue weighted by molar-refractivity contribution is -0.122. The Morgan fingerprint density at radius 3 is 0.820 bits per heavy atom. The second-order valence-electron chi connectivity index (χ2n) is 35.8. The number of anilines is 4. The van der Waals surface area contributed by atoms with Gasteiger partial charge in [-0.15, -0.1) is 0 Å². The minimum atomic E-state index is -1.43. The molecule has 8 amide bonds. The Kier molecular flexibility index (Phi) is 23.7. The first kappa shape index (κ1) is 84.6. The molecule has 4 unspecified atom stereocenters. The van der Waals surface area contributed by atoms with Crippen molar-refractivity contribution in [3.8, 4) is 46.0 Å². The summed E-state index contributed by atoms with van der Waals surface area (Å²) in [6, 6.07) is 41.1. The minimum Gasteiger partial charge on any atom is -0.456 e. The summed E-state index contributed by atoms with van der Waals surface area (Å²) in [6.45, 7) is 39.4. The standard InChI is InChI=1S/C104H110N6O12/c1-53(2)67-35-39-79(59(13)43-67)119-83-49-75-87-76(102(116)109(101(75)115)95(63(17)65-27-21-19-22-28-65)99(113)107-73-33-25-31-71(47-73)105-97(111)57(9)10)51-85(121-81-41-37-69(55(5)6)45-61(81)15)91-92-86(122-82-42-38-70(56(7)8)46-62(82)16)52-78-88-77(50-84(90(94(88)92)89(83)93(87)91)120-80-40-36-68(54(3)4)44-60(80)14)103(117)110(104(78)118)96(64(18)66-29-23-20-24-30-66)100(114)108-74-34-26-32-72(48-74)106-98(112)58(11)12/h25-26,31-56,63-66,95-96H,9,11,19-24,27-30H2,1-8,10,12-18H3,(H,105,111)(H,106,112)(H,107,113)(H,108,114). The second kappa shape index (κ2) is 34.2. The summed E-state index contributed by atoms with van der Waals surface area (Å²) in [5.41, 5.74) is 9.20. The molecule has 4 atom stereocenters. The van der Waals surface area contributed by atoms with Gasteiger partial charge in [-0.05, 0) is 218 Å². The van der Waals surface area contributed by atoms with Crippen LogP contribution >= 0.6 is 0 Å². The highest BCUT2D eigenvalue weighted by atomic mass is 16.5. The monoisotopic (exact) mass is 1630 g/mol. The normalized spacial score (nSPS) is 15.5. The van der Waals surface area contributed by atoms with Crippen LogP contribution < -0.4 is 40.2 Å². The summed E-state index contributed by atoms with van der Waals surface area (Å²) in [6.07, 6.45) is 8.49. The topological polar surface area (TPSA) is 228 Å². The van der Waals surface area contributed by atoms with E-state index in [-0.39, 0.29) is 103 Å². The van der Waals surface area contributed by atoms with Gasteiger partial charge < -0.3 is 40.2 Å². The number of hydrogen-bond donors (Lipinski definition) is 4. The first-order chi connectivity index (χ1) is 58.2. The maximum atomic E-state index is 17.2. The Morgan fingerprint density at radius 2 is 0.582 bits per heavy atom. The van der Waals surface area contributed by atoms with Crippen LogP contribution in [0.1, 0.15) is 257 Å². The molecule has 2 fully saturated rings. The van der Waals surface area contributed by atoms with Crippen molar-refractivity contribution in [2.75, 3.05) is 21.3 Å². The number of amides is 8. The molecule has 15 rings (SSSR count). The molecule has 18 heteroatoms. The van der Waals surface area contributed by atoms with Crippen molar-refractivity contribution in [3.63, 3.8) is 0 Å². The molecule has 0 spiro atoms. The third kappa shape index (κ3) is 16.1. The average molecular weight is 1640 g/mol. The Balaban J connectivity index is 1.08. The summed E-state index contributed by atoms with van der Waals surface area (Å²) < 4.78 is 30.6. The predicted octanol–water partition coefficient (Wildman–Crippen LogP) is 25.3. The van der Waals surface area contributed by atoms with Crippen molar-refractivity contribution in [1.82, 2.24) is 9.80 Å². The molecular weight excluding hydrogens is 1530 g/mol. The second-order valence-corrected chi connectivity index (χ2v) is 35.8. The fourth-order valence-electron chi connectivity index (χ4n) is 18.7. The van der Waals surface area contributed by atoms with Gasteiger partial charge in [0.2, 0.25) is 11.8 Å². The van der Waals surface area contributed by atoms with Crippen LogP contribution in [-0.4, -0.2) is 69.1 Å². The number of hydrogen-bond acceptors (Lipinski definition) is 12. The van der Waals surface area contributed by atoms with Gasteiger partial charge in [0, 0.05) is 77.0 Å². The van der Waals surface area contributed by atoms with Crippen LogP contribution in [0.4, 0.5) is 22.7 Å². The fraction of sp³-hybridized carbons (Fsp3) is 0.346. The summed E-state index contributed by atoms with van der Waals surface area (Å²) in [5, 5.41) is 14.1. The Bertz CT molecular complexity index is 5540. The van der Waals surface area contributed by atoms with Gasteiger partial charge in [0.15, 0.2) is 0 Å². The molecule has 4 aliphatic rings. The van der Waals surface area contributed by atoms with Crippen LogP contribution in [-0.2, 0) is 19.2 Å². The van der Waals surface area contributed by atoms with E-state index in [0.29, 0.717) is 78.1 Å². The van der Waals surface area contributed by atoms with Crippen molar-refractivity contribution in [2.24, 2.45) is 23.7 Å². The molecule has 0 aromatic heterocycles. The highest BCUT2D eigenvalue weighted by Gasteiger charge is 2.50. The molecule has 2 aliphatic carbocycles. The third-order valence-electron chi connectivity index (χ3n) is 25.7. The Morgan fingerprint density at radius 1 is 0.328 bits per heavy atom. The van der Waals surface area contributed by atoms with Crippen molar-refractivity contribution in [3.05, 3.63) is 237 Å². The highest BCUT2D eigenvalue weighted by Crippen LogP contribution is 2.59. The maximum absolute atomic E-state index is 17.2. The smallest absolute Gasteiger partial charge is 0.262 e. The third-order valence-corrected chi connectivity index (χ3v) is 25.7. The van der Waals surface area contributed by atoms with E-state index in [4.69, 9.17) is 18.9 Å². The lowest BCUT2D eigenvalue weighted by Crippen LogP contribution is -2.56. The van der Waals surface area contributed by atoms with E-state index in [9.17, 15) is 9.59 Å². The highest BCUT2D eigenvalue weighted by molar-refractivity contribution is 6.45. The number of benzene rings is 11. The van der Waals surface area contributed by atoms with Crippen LogP contribution in [0.15, 0.2) is 170 Å². The summed E-state index contributed by atoms with van der Waals surface area (Å²) in [5.74, 6) is -4.06. The molecule has 2 aliphatic heterocycles. The molecule has 11 aromatic rings. The van der Waals surface area contributed by atoms with Gasteiger partial charge in [-0.25, -0.2) is 0 Å². The van der Waals surface area contributed by atoms with E-state index in [1.807, 2.05) is 90.1 Å². The van der Waals surface area contributed by atoms with E-state index in [2.05, 4.69) is 114 Å². The molecule has 0 bridgehead atoms. The Labute approximate surface area is 714 Å². The largest absolute Gasteiger partial charge is 0.456 e. The van der Waals surface area contributed by atoms with Gasteiger partial charge in [0.05, 0.1) is 22.3 Å². The molecule has 0 radical (unpaired) electrons. The summed E-state index contributed by atoms with van der Waals surface area (Å²) in [7, 11) is 0. The zero-order valence-corrected chi connectivity index (χ0v) is 72.9. The van der Waals surface area contributed by atoms with Crippen molar-refractivity contribution in [1.29, 1.82) is 0 Å². The summed E-state index contributed by atoms with van der Waals surface area (Å²) in [4.78, 5) is 129. The van der Waals surface area contributed by atoms with Crippen LogP contribution in [0.2, 0.25) is 0 Å². The Hall–Kier alpha value is -12.4. The number of ether oxygens (including phenoxy) is 4. The van der Waals surface area contributed by atoms with Crippen LogP contribution in [0.3, 0.4) is 0 Å². The van der Waals surface area contributed by atoms with Crippen LogP contribution in [0.25, 0.3) is 43.1 Å². The number of fused-ring (bicyclic) bond motifs is 2. The van der Waals surface area contributed by atoms with E-state index in [1.54, 1.807) is 86.6 Å². The lowest BCUT2D eigenvalue weighted by Gasteiger charge is -2.40. The SMILES string of the molecule is C=C(C)C(=O)Nc1cccc(NC(=O)C(C(C)C2CCCCC2)N2C(=O)c3cc(Oc4ccc(C(C)C)cc4C)c4c5c(Oc6ccc(C(C)C)cc6C)cc6c7c(cc(Oc8ccc(C(C)C)cc8C)c(c8c(Oc9ccc(C(C)C)cc9C)cc(c3c48)C2=O)c75)C(=O)N(C(C(=O)Nc2cccc(NC(=O)C(=C)C)c2)C(C)C2CCCCC2)C6=O)c1. The van der Waals surface area contributed by atoms with E-state index < -0.39 is 71.2 Å². The molecular formula is C104H110N6O12. The molecule has 2 heterocycles. The number of nitrogens with zero attached hydrogens (tertiary/aromatic N) is 2. The van der Waals surface area contributed by atoms with E-state index >= 15 is 28.8 Å². The molecule has 122 heavy (non-hydrogen) atoms. The molecule has 0 saturated heterocycles. The number of imide groups is 2. The van der Waals surface area contributed by atoms with Gasteiger partial charge in [0.1, 0.15) is 58.1 Å². The van der Waals surface area contributed by atoms with Gasteiger partial charge in [-0.2, -0.15) is 0 Å². The van der Waals surface area contributed by atoms with E-state index in [1.165, 1.54) is 0 Å². The first-order valence-electron chi connectivity index (χ1n) is 43.3. The quantitative estimate of drug-likeness (QED) is 0.0172. The number of aryl methyl sites for hydroxylation is 4. The van der Waals surface area contributed by atoms with Crippen LogP contribution in [0, 0.1) is 51.4 Å². The fourth-order valence-corrected chi connectivity index (χ4v) is 18.7. The zero-order chi connectivity index (χ0) is 86.9. The molecule has 4 N–H and O–H groups in total. The molecule has 18 nitrogen and oxygen atoms in total. The van der Waals surface area contributed by atoms with Gasteiger partial charge in [-0.1, -0.05) is 207 Å². The van der Waals surface area contributed by atoms with Crippen molar-refractivity contribution in [2.45, 2.75) is 211 Å². The zero-order valence-electron chi connectivity index (χ0n) is 72.9. The van der Waals surface area contributed by atoms with Gasteiger partial charge in [0.25, 0.3) is 35.4 Å². The predicted molar refractivity (Wildman–Crippen MR) is 486 cm³/mol. The van der Waals surface area contributed by atoms with Gasteiger partial charge >= 0.3 is 0 Å². The molecule has 11 aromatic carbocycles. The van der Waals surface area contributed by atoms with E-state index in [0.717, 1.165) is 119 Å². The molecule has 2 saturated carbocycles. The van der Waals surface area contributed by atoms with Crippen molar-refractivity contribution < 1.29 is 57.3 Å². The number of rotatable bonds is 26. The number of carbonyl (C=O) groups excluding carboxylic acids is 8. The maximum Gasteiger partial charge on any atom is 0.262 e. The average Bonchev–Trinajstić information content (AvgIpc) is 0.667. The molecule has 628 valence electrons. The van der Waals surface area contributed by atoms with Crippen LogP contribution in [0.5, 0.6) is 46.0 Å². The number of nitrogens with one attached hydrogen (secondary N) is 4. The minimum absolute atomic E-state index is 0.0215. The summed E-state index contributed by atoms with van der Waals surface area (Å²) >= 11 is 0. The lowest BCUT2D eigenvalue weighted by atomic mass is 9.75. The first-order valence-corrected chi connectivity index (χ1v) is 43.3. The van der Waals surface area contributed by atoms with Gasteiger partial charge in [-0.3, -0.25) is 48.2 Å².